The third kappa shape index (κ3) is 3.40. The van der Waals surface area contributed by atoms with Gasteiger partial charge in [0.25, 0.3) is 0 Å². The number of nitrogens with one attached hydrogen (secondary N) is 1. The van der Waals surface area contributed by atoms with E-state index < -0.39 is 0 Å². The van der Waals surface area contributed by atoms with Crippen molar-refractivity contribution in [2.24, 2.45) is 0 Å². The Labute approximate surface area is 140 Å². The number of anilines is 1. The smallest absolute Gasteiger partial charge is 0.0667 e. The van der Waals surface area contributed by atoms with Gasteiger partial charge < -0.3 is 10.2 Å². The van der Waals surface area contributed by atoms with Crippen molar-refractivity contribution in [3.05, 3.63) is 63.7 Å². The zero-order valence-electron chi connectivity index (χ0n) is 12.3. The summed E-state index contributed by atoms with van der Waals surface area (Å²) in [5.41, 5.74) is 2.72. The summed E-state index contributed by atoms with van der Waals surface area (Å²) in [6.07, 6.45) is 1.17. The van der Waals surface area contributed by atoms with E-state index in [1.54, 1.807) is 0 Å². The molecule has 2 unspecified atom stereocenters. The predicted molar refractivity (Wildman–Crippen MR) is 97.8 cm³/mol. The fourth-order valence-electron chi connectivity index (χ4n) is 3.00. The van der Waals surface area contributed by atoms with Gasteiger partial charge in [-0.15, -0.1) is 0 Å². The van der Waals surface area contributed by atoms with Crippen molar-refractivity contribution in [3.8, 4) is 0 Å². The van der Waals surface area contributed by atoms with E-state index in [2.05, 4.69) is 94.3 Å². The molecule has 1 fully saturated rings. The molecule has 1 N–H and O–H groups in total. The highest BCUT2D eigenvalue weighted by Gasteiger charge is 2.28. The Morgan fingerprint density at radius 1 is 1.14 bits per heavy atom. The molecule has 1 saturated heterocycles. The number of benzene rings is 2. The first-order valence-electron chi connectivity index (χ1n) is 7.58. The lowest BCUT2D eigenvalue weighted by molar-refractivity contribution is 0.390. The maximum atomic E-state index is 3.69. The van der Waals surface area contributed by atoms with Crippen LogP contribution in [0, 0.1) is 3.57 Å². The highest BCUT2D eigenvalue weighted by atomic mass is 127. The predicted octanol–water partition coefficient (Wildman–Crippen LogP) is 4.22. The lowest BCUT2D eigenvalue weighted by atomic mass is 9.99. The SMILES string of the molecule is CCC1CN(c2cccc(I)c2)C(c2ccccc2)CN1. The van der Waals surface area contributed by atoms with E-state index >= 15 is 0 Å². The van der Waals surface area contributed by atoms with Crippen molar-refractivity contribution < 1.29 is 0 Å². The van der Waals surface area contributed by atoms with Crippen LogP contribution >= 0.6 is 22.6 Å². The van der Waals surface area contributed by atoms with Gasteiger partial charge in [0.1, 0.15) is 0 Å². The molecule has 0 radical (unpaired) electrons. The molecule has 1 aliphatic rings. The summed E-state index contributed by atoms with van der Waals surface area (Å²) in [6.45, 7) is 4.33. The lowest BCUT2D eigenvalue weighted by Crippen LogP contribution is -2.52. The second-order valence-corrected chi connectivity index (χ2v) is 6.82. The molecule has 2 aromatic carbocycles. The molecule has 3 heteroatoms. The average Bonchev–Trinajstić information content (AvgIpc) is 2.55. The molecule has 2 aromatic rings. The van der Waals surface area contributed by atoms with Crippen LogP contribution in [-0.4, -0.2) is 19.1 Å². The normalized spacial score (nSPS) is 22.3. The molecule has 110 valence electrons. The first kappa shape index (κ1) is 14.9. The standard InChI is InChI=1S/C18H21IN2/c1-2-16-13-21(17-10-6-9-15(19)11-17)18(12-20-16)14-7-4-3-5-8-14/h3-11,16,18,20H,2,12-13H2,1H3. The van der Waals surface area contributed by atoms with Crippen LogP contribution < -0.4 is 10.2 Å². The summed E-state index contributed by atoms with van der Waals surface area (Å²) in [5.74, 6) is 0. The number of hydrogen-bond acceptors (Lipinski definition) is 2. The van der Waals surface area contributed by atoms with E-state index in [4.69, 9.17) is 0 Å². The average molecular weight is 392 g/mol. The van der Waals surface area contributed by atoms with Gasteiger partial charge in [-0.2, -0.15) is 0 Å². The van der Waals surface area contributed by atoms with Crippen molar-refractivity contribution in [1.29, 1.82) is 0 Å². The molecule has 1 heterocycles. The monoisotopic (exact) mass is 392 g/mol. The summed E-state index contributed by atoms with van der Waals surface area (Å²) in [6, 6.07) is 20.6. The van der Waals surface area contributed by atoms with Gasteiger partial charge in [-0.1, -0.05) is 43.3 Å². The molecule has 3 rings (SSSR count). The molecule has 0 aliphatic carbocycles. The van der Waals surface area contributed by atoms with Gasteiger partial charge in [-0.05, 0) is 52.8 Å². The highest BCUT2D eigenvalue weighted by Crippen LogP contribution is 2.30. The van der Waals surface area contributed by atoms with Gasteiger partial charge in [0.2, 0.25) is 0 Å². The maximum Gasteiger partial charge on any atom is 0.0667 e. The zero-order chi connectivity index (χ0) is 14.7. The first-order chi connectivity index (χ1) is 10.3. The van der Waals surface area contributed by atoms with Crippen LogP contribution in [0.15, 0.2) is 54.6 Å². The van der Waals surface area contributed by atoms with Crippen LogP contribution in [0.2, 0.25) is 0 Å². The molecule has 2 atom stereocenters. The lowest BCUT2D eigenvalue weighted by Gasteiger charge is -2.42. The van der Waals surface area contributed by atoms with Gasteiger partial charge in [0.05, 0.1) is 6.04 Å². The van der Waals surface area contributed by atoms with Gasteiger partial charge in [-0.3, -0.25) is 0 Å². The quantitative estimate of drug-likeness (QED) is 0.787. The molecule has 0 saturated carbocycles. The van der Waals surface area contributed by atoms with E-state index in [1.807, 2.05) is 0 Å². The zero-order valence-corrected chi connectivity index (χ0v) is 14.5. The van der Waals surface area contributed by atoms with Crippen LogP contribution in [0.4, 0.5) is 5.69 Å². The van der Waals surface area contributed by atoms with Crippen LogP contribution in [0.1, 0.15) is 24.9 Å². The fraction of sp³-hybridized carbons (Fsp3) is 0.333. The van der Waals surface area contributed by atoms with Crippen molar-refractivity contribution >= 4 is 28.3 Å². The Balaban J connectivity index is 1.94. The number of hydrogen-bond donors (Lipinski definition) is 1. The molecule has 0 aromatic heterocycles. The minimum atomic E-state index is 0.409. The Morgan fingerprint density at radius 2 is 1.95 bits per heavy atom. The van der Waals surface area contributed by atoms with E-state index in [1.165, 1.54) is 21.2 Å². The Hall–Kier alpha value is -1.07. The molecule has 0 amide bonds. The summed E-state index contributed by atoms with van der Waals surface area (Å²) < 4.78 is 1.29. The van der Waals surface area contributed by atoms with E-state index in [9.17, 15) is 0 Å². The third-order valence-corrected chi connectivity index (χ3v) is 4.88. The summed E-state index contributed by atoms with van der Waals surface area (Å²) >= 11 is 2.40. The number of rotatable bonds is 3. The van der Waals surface area contributed by atoms with E-state index in [0.29, 0.717) is 12.1 Å². The minimum Gasteiger partial charge on any atom is -0.362 e. The molecule has 2 nitrogen and oxygen atoms in total. The highest BCUT2D eigenvalue weighted by molar-refractivity contribution is 14.1. The molecule has 1 aliphatic heterocycles. The third-order valence-electron chi connectivity index (χ3n) is 4.21. The number of halogens is 1. The van der Waals surface area contributed by atoms with Crippen molar-refractivity contribution in [2.75, 3.05) is 18.0 Å². The first-order valence-corrected chi connectivity index (χ1v) is 8.66. The topological polar surface area (TPSA) is 15.3 Å². The number of piperazine rings is 1. The van der Waals surface area contributed by atoms with Gasteiger partial charge >= 0.3 is 0 Å². The molecular weight excluding hydrogens is 371 g/mol. The Morgan fingerprint density at radius 3 is 2.67 bits per heavy atom. The second-order valence-electron chi connectivity index (χ2n) is 5.57. The minimum absolute atomic E-state index is 0.409. The van der Waals surface area contributed by atoms with Gasteiger partial charge in [0.15, 0.2) is 0 Å². The van der Waals surface area contributed by atoms with Crippen LogP contribution in [0.25, 0.3) is 0 Å². The fourth-order valence-corrected chi connectivity index (χ4v) is 3.53. The van der Waals surface area contributed by atoms with Crippen molar-refractivity contribution in [2.45, 2.75) is 25.4 Å². The number of nitrogens with zero attached hydrogens (tertiary/aromatic N) is 1. The van der Waals surface area contributed by atoms with E-state index in [-0.39, 0.29) is 0 Å². The summed E-state index contributed by atoms with van der Waals surface area (Å²) in [7, 11) is 0. The summed E-state index contributed by atoms with van der Waals surface area (Å²) in [4.78, 5) is 2.56. The Kier molecular flexibility index (Phi) is 4.80. The molecule has 0 spiro atoms. The molecule has 0 bridgehead atoms. The van der Waals surface area contributed by atoms with Crippen molar-refractivity contribution in [3.63, 3.8) is 0 Å². The Bertz CT molecular complexity index is 585. The van der Waals surface area contributed by atoms with Crippen molar-refractivity contribution in [1.82, 2.24) is 5.32 Å². The molecular formula is C18H21IN2. The molecule has 21 heavy (non-hydrogen) atoms. The summed E-state index contributed by atoms with van der Waals surface area (Å²) in [5, 5.41) is 3.69. The van der Waals surface area contributed by atoms with Crippen LogP contribution in [0.3, 0.4) is 0 Å². The largest absolute Gasteiger partial charge is 0.362 e. The van der Waals surface area contributed by atoms with Crippen LogP contribution in [0.5, 0.6) is 0 Å². The van der Waals surface area contributed by atoms with Gasteiger partial charge in [0, 0.05) is 28.4 Å². The van der Waals surface area contributed by atoms with Gasteiger partial charge in [-0.25, -0.2) is 0 Å². The van der Waals surface area contributed by atoms with E-state index in [0.717, 1.165) is 13.1 Å². The van der Waals surface area contributed by atoms with Crippen LogP contribution in [-0.2, 0) is 0 Å². The maximum absolute atomic E-state index is 3.69. The second kappa shape index (κ2) is 6.79.